The molecule has 0 bridgehead atoms. The highest BCUT2D eigenvalue weighted by Crippen LogP contribution is 2.38. The summed E-state index contributed by atoms with van der Waals surface area (Å²) in [5, 5.41) is 6.54. The fourth-order valence-corrected chi connectivity index (χ4v) is 5.61. The van der Waals surface area contributed by atoms with E-state index in [0.29, 0.717) is 28.1 Å². The minimum Gasteiger partial charge on any atom is -0.354 e. The van der Waals surface area contributed by atoms with E-state index in [-0.39, 0.29) is 11.8 Å². The molecular formula is C35H34N4O2. The van der Waals surface area contributed by atoms with Gasteiger partial charge in [-0.3, -0.25) is 14.5 Å². The SMILES string of the molecule is CN(C(=O)c1ccc2c(c1)C(=C(Nc1ccc(CN3CCCCC3)cc1)c1ccccc1)C(=O)N2)c1ccccc1. The highest BCUT2D eigenvalue weighted by Gasteiger charge is 2.30. The van der Waals surface area contributed by atoms with Gasteiger partial charge in [0.15, 0.2) is 0 Å². The molecule has 0 atom stereocenters. The topological polar surface area (TPSA) is 64.7 Å². The second-order valence-electron chi connectivity index (χ2n) is 10.7. The lowest BCUT2D eigenvalue weighted by Gasteiger charge is -2.26. The van der Waals surface area contributed by atoms with Crippen molar-refractivity contribution in [1.82, 2.24) is 4.90 Å². The molecule has 2 N–H and O–H groups in total. The van der Waals surface area contributed by atoms with Crippen LogP contribution in [-0.2, 0) is 11.3 Å². The molecule has 0 aliphatic carbocycles. The Hall–Kier alpha value is -4.68. The van der Waals surface area contributed by atoms with Crippen LogP contribution in [0, 0.1) is 0 Å². The van der Waals surface area contributed by atoms with E-state index in [1.54, 1.807) is 18.0 Å². The fourth-order valence-electron chi connectivity index (χ4n) is 5.61. The van der Waals surface area contributed by atoms with Crippen molar-refractivity contribution >= 4 is 40.1 Å². The average molecular weight is 543 g/mol. The molecule has 4 aromatic carbocycles. The molecule has 6 rings (SSSR count). The third kappa shape index (κ3) is 5.79. The average Bonchev–Trinajstić information content (AvgIpc) is 3.36. The summed E-state index contributed by atoms with van der Waals surface area (Å²) in [7, 11) is 1.76. The van der Waals surface area contributed by atoms with Gasteiger partial charge in [-0.25, -0.2) is 0 Å². The molecule has 2 aliphatic heterocycles. The van der Waals surface area contributed by atoms with Gasteiger partial charge in [0.2, 0.25) is 0 Å². The maximum Gasteiger partial charge on any atom is 0.258 e. The summed E-state index contributed by atoms with van der Waals surface area (Å²) < 4.78 is 0. The molecule has 1 fully saturated rings. The van der Waals surface area contributed by atoms with Crippen LogP contribution < -0.4 is 15.5 Å². The van der Waals surface area contributed by atoms with E-state index in [1.807, 2.05) is 72.8 Å². The number of nitrogens with zero attached hydrogens (tertiary/aromatic N) is 2. The highest BCUT2D eigenvalue weighted by molar-refractivity contribution is 6.37. The number of piperidine rings is 1. The Bertz CT molecular complexity index is 1570. The van der Waals surface area contributed by atoms with Crippen molar-refractivity contribution < 1.29 is 9.59 Å². The van der Waals surface area contributed by atoms with Crippen molar-refractivity contribution in [2.24, 2.45) is 0 Å². The third-order valence-corrected chi connectivity index (χ3v) is 7.85. The summed E-state index contributed by atoms with van der Waals surface area (Å²) in [5.74, 6) is -0.342. The van der Waals surface area contributed by atoms with Gasteiger partial charge in [-0.15, -0.1) is 0 Å². The Morgan fingerprint density at radius 1 is 0.829 bits per heavy atom. The van der Waals surface area contributed by atoms with Gasteiger partial charge < -0.3 is 15.5 Å². The molecule has 4 aromatic rings. The van der Waals surface area contributed by atoms with E-state index in [1.165, 1.54) is 24.8 Å². The van der Waals surface area contributed by atoms with Gasteiger partial charge in [0.1, 0.15) is 0 Å². The second-order valence-corrected chi connectivity index (χ2v) is 10.7. The minimum atomic E-state index is -0.200. The van der Waals surface area contributed by atoms with Crippen molar-refractivity contribution in [3.63, 3.8) is 0 Å². The smallest absolute Gasteiger partial charge is 0.258 e. The molecule has 0 saturated carbocycles. The maximum absolute atomic E-state index is 13.4. The minimum absolute atomic E-state index is 0.142. The molecule has 2 heterocycles. The zero-order valence-electron chi connectivity index (χ0n) is 23.3. The standard InChI is InChI=1S/C35H34N4O2/c1-38(29-13-7-3-8-14-29)35(41)27-17-20-31-30(23-27)32(34(40)37-31)33(26-11-5-2-6-12-26)36-28-18-15-25(16-19-28)24-39-21-9-4-10-22-39/h2-3,5-8,11-20,23,36H,4,9-10,21-22,24H2,1H3,(H,37,40). The number of amides is 2. The van der Waals surface area contributed by atoms with Crippen molar-refractivity contribution in [3.8, 4) is 0 Å². The first kappa shape index (κ1) is 26.5. The number of benzene rings is 4. The van der Waals surface area contributed by atoms with Gasteiger partial charge in [0.05, 0.1) is 11.3 Å². The van der Waals surface area contributed by atoms with Gasteiger partial charge in [-0.05, 0) is 79.5 Å². The number of para-hydroxylation sites is 1. The van der Waals surface area contributed by atoms with E-state index in [4.69, 9.17) is 0 Å². The molecule has 0 radical (unpaired) electrons. The quantitative estimate of drug-likeness (QED) is 0.250. The number of nitrogens with one attached hydrogen (secondary N) is 2. The summed E-state index contributed by atoms with van der Waals surface area (Å²) in [6, 6.07) is 33.2. The van der Waals surface area contributed by atoms with Gasteiger partial charge in [-0.1, -0.05) is 67.1 Å². The van der Waals surface area contributed by atoms with Crippen molar-refractivity contribution in [2.75, 3.05) is 35.7 Å². The maximum atomic E-state index is 13.4. The lowest BCUT2D eigenvalue weighted by Crippen LogP contribution is -2.29. The van der Waals surface area contributed by atoms with Crippen molar-refractivity contribution in [2.45, 2.75) is 25.8 Å². The summed E-state index contributed by atoms with van der Waals surface area (Å²) in [6.07, 6.45) is 3.87. The highest BCUT2D eigenvalue weighted by atomic mass is 16.2. The van der Waals surface area contributed by atoms with Crippen LogP contribution in [0.1, 0.15) is 46.3 Å². The van der Waals surface area contributed by atoms with Crippen LogP contribution in [0.25, 0.3) is 11.3 Å². The molecule has 0 aromatic heterocycles. The van der Waals surface area contributed by atoms with Crippen LogP contribution in [0.5, 0.6) is 0 Å². The molecule has 41 heavy (non-hydrogen) atoms. The van der Waals surface area contributed by atoms with Crippen LogP contribution in [0.3, 0.4) is 0 Å². The van der Waals surface area contributed by atoms with Gasteiger partial charge >= 0.3 is 0 Å². The summed E-state index contributed by atoms with van der Waals surface area (Å²) >= 11 is 0. The first-order chi connectivity index (χ1) is 20.1. The Balaban J connectivity index is 1.34. The number of anilines is 3. The van der Waals surface area contributed by atoms with Gasteiger partial charge in [0, 0.05) is 41.8 Å². The Morgan fingerprint density at radius 2 is 1.51 bits per heavy atom. The molecule has 0 unspecified atom stereocenters. The van der Waals surface area contributed by atoms with Crippen molar-refractivity contribution in [1.29, 1.82) is 0 Å². The predicted molar refractivity (Wildman–Crippen MR) is 167 cm³/mol. The second kappa shape index (κ2) is 11.8. The number of hydrogen-bond donors (Lipinski definition) is 2. The molecule has 6 nitrogen and oxygen atoms in total. The van der Waals surface area contributed by atoms with Gasteiger partial charge in [-0.2, -0.15) is 0 Å². The fraction of sp³-hybridized carbons (Fsp3) is 0.200. The molecular weight excluding hydrogens is 508 g/mol. The number of rotatable bonds is 7. The Labute approximate surface area is 241 Å². The van der Waals surface area contributed by atoms with Crippen LogP contribution in [0.4, 0.5) is 17.1 Å². The van der Waals surface area contributed by atoms with Crippen LogP contribution in [0.2, 0.25) is 0 Å². The first-order valence-corrected chi connectivity index (χ1v) is 14.2. The molecule has 1 saturated heterocycles. The molecule has 2 amide bonds. The molecule has 0 spiro atoms. The number of likely N-dealkylation sites (tertiary alicyclic amines) is 1. The van der Waals surface area contributed by atoms with Crippen molar-refractivity contribution in [3.05, 3.63) is 125 Å². The van der Waals surface area contributed by atoms with Crippen LogP contribution >= 0.6 is 0 Å². The largest absolute Gasteiger partial charge is 0.354 e. The summed E-state index contributed by atoms with van der Waals surface area (Å²) in [6.45, 7) is 3.27. The van der Waals surface area contributed by atoms with E-state index < -0.39 is 0 Å². The molecule has 206 valence electrons. The van der Waals surface area contributed by atoms with E-state index in [2.05, 4.69) is 39.8 Å². The third-order valence-electron chi connectivity index (χ3n) is 7.85. The number of carbonyl (C=O) groups excluding carboxylic acids is 2. The monoisotopic (exact) mass is 542 g/mol. The predicted octanol–water partition coefficient (Wildman–Crippen LogP) is 6.88. The number of fused-ring (bicyclic) bond motifs is 1. The number of hydrogen-bond acceptors (Lipinski definition) is 4. The Kier molecular flexibility index (Phi) is 7.65. The Morgan fingerprint density at radius 3 is 2.22 bits per heavy atom. The zero-order chi connectivity index (χ0) is 28.2. The normalized spacial score (nSPS) is 16.1. The van der Waals surface area contributed by atoms with E-state index >= 15 is 0 Å². The van der Waals surface area contributed by atoms with Crippen LogP contribution in [-0.4, -0.2) is 36.9 Å². The van der Waals surface area contributed by atoms with Gasteiger partial charge in [0.25, 0.3) is 11.8 Å². The van der Waals surface area contributed by atoms with E-state index in [9.17, 15) is 9.59 Å². The summed E-state index contributed by atoms with van der Waals surface area (Å²) in [4.78, 5) is 31.0. The zero-order valence-corrected chi connectivity index (χ0v) is 23.3. The lowest BCUT2D eigenvalue weighted by atomic mass is 9.98. The first-order valence-electron chi connectivity index (χ1n) is 14.2. The number of carbonyl (C=O) groups is 2. The molecule has 6 heteroatoms. The van der Waals surface area contributed by atoms with Crippen LogP contribution in [0.15, 0.2) is 103 Å². The van der Waals surface area contributed by atoms with E-state index in [0.717, 1.165) is 36.6 Å². The summed E-state index contributed by atoms with van der Waals surface area (Å²) in [5.41, 5.74) is 6.99. The lowest BCUT2D eigenvalue weighted by molar-refractivity contribution is -0.110. The molecule has 2 aliphatic rings.